The van der Waals surface area contributed by atoms with Crippen LogP contribution in [0.1, 0.15) is 27.0 Å². The fourth-order valence-electron chi connectivity index (χ4n) is 4.00. The number of carbonyl (C=O) groups excluding carboxylic acids is 1. The van der Waals surface area contributed by atoms with Gasteiger partial charge in [-0.25, -0.2) is 4.98 Å². The summed E-state index contributed by atoms with van der Waals surface area (Å²) in [6.07, 6.45) is 5.09. The van der Waals surface area contributed by atoms with Gasteiger partial charge in [0.2, 0.25) is 11.6 Å². The van der Waals surface area contributed by atoms with Gasteiger partial charge in [-0.3, -0.25) is 10.2 Å². The van der Waals surface area contributed by atoms with E-state index in [-0.39, 0.29) is 12.5 Å². The molecule has 9 heteroatoms. The number of imidazole rings is 1. The van der Waals surface area contributed by atoms with Crippen molar-refractivity contribution >= 4 is 5.91 Å². The minimum atomic E-state index is -0.558. The monoisotopic (exact) mass is 489 g/mol. The van der Waals surface area contributed by atoms with E-state index in [4.69, 9.17) is 14.9 Å². The largest absolute Gasteiger partial charge is 0.497 e. The van der Waals surface area contributed by atoms with Crippen LogP contribution in [0.2, 0.25) is 0 Å². The first-order valence-electron chi connectivity index (χ1n) is 11.3. The molecule has 4 aromatic rings. The molecule has 186 valence electrons. The number of hydrogen-bond donors (Lipinski definition) is 2. The second-order valence-corrected chi connectivity index (χ2v) is 8.50. The standard InChI is InChI=1S/C27H28FN5O3/c1-17-7-25(28)30-15-24(17)20-8-19(16-33-6-5-32(2)27(33)29)9-21(12-20)26(34)31-14-18-10-22(35-3)13-23(11-18)36-4/h5-13,15,29H,14,16H2,1-4H3,(H,31,34). The van der Waals surface area contributed by atoms with E-state index in [9.17, 15) is 9.18 Å². The first kappa shape index (κ1) is 24.7. The van der Waals surface area contributed by atoms with Crippen LogP contribution >= 0.6 is 0 Å². The molecule has 36 heavy (non-hydrogen) atoms. The zero-order valence-electron chi connectivity index (χ0n) is 20.6. The lowest BCUT2D eigenvalue weighted by Crippen LogP contribution is -2.24. The van der Waals surface area contributed by atoms with E-state index in [0.717, 1.165) is 22.3 Å². The minimum absolute atomic E-state index is 0.267. The van der Waals surface area contributed by atoms with Crippen LogP contribution in [0.5, 0.6) is 11.5 Å². The summed E-state index contributed by atoms with van der Waals surface area (Å²) in [5, 5.41) is 11.2. The van der Waals surface area contributed by atoms with Gasteiger partial charge in [-0.05, 0) is 65.6 Å². The zero-order chi connectivity index (χ0) is 25.8. The molecule has 0 saturated carbocycles. The average Bonchev–Trinajstić information content (AvgIpc) is 3.18. The number of methoxy groups -OCH3 is 2. The van der Waals surface area contributed by atoms with Crippen molar-refractivity contribution in [1.29, 1.82) is 5.41 Å². The number of ether oxygens (including phenoxy) is 2. The molecule has 0 aliphatic carbocycles. The Morgan fingerprint density at radius 2 is 1.75 bits per heavy atom. The molecule has 0 saturated heterocycles. The topological polar surface area (TPSA) is 94.2 Å². The van der Waals surface area contributed by atoms with Crippen molar-refractivity contribution in [2.24, 2.45) is 7.05 Å². The molecule has 0 fully saturated rings. The number of benzene rings is 2. The lowest BCUT2D eigenvalue weighted by molar-refractivity contribution is 0.0950. The summed E-state index contributed by atoms with van der Waals surface area (Å²) < 4.78 is 27.7. The van der Waals surface area contributed by atoms with Crippen molar-refractivity contribution in [3.63, 3.8) is 0 Å². The number of amides is 1. The van der Waals surface area contributed by atoms with Gasteiger partial charge in [0.15, 0.2) is 0 Å². The quantitative estimate of drug-likeness (QED) is 0.368. The number of nitrogens with one attached hydrogen (secondary N) is 2. The van der Waals surface area contributed by atoms with E-state index in [0.29, 0.717) is 34.8 Å². The Morgan fingerprint density at radius 1 is 1.03 bits per heavy atom. The van der Waals surface area contributed by atoms with Crippen LogP contribution in [0.15, 0.2) is 61.1 Å². The summed E-state index contributed by atoms with van der Waals surface area (Å²) in [6, 6.07) is 12.3. The van der Waals surface area contributed by atoms with E-state index in [1.54, 1.807) is 61.7 Å². The van der Waals surface area contributed by atoms with Gasteiger partial charge in [0.1, 0.15) is 11.5 Å². The fourth-order valence-corrected chi connectivity index (χ4v) is 4.00. The third-order valence-corrected chi connectivity index (χ3v) is 5.94. The van der Waals surface area contributed by atoms with E-state index < -0.39 is 5.95 Å². The minimum Gasteiger partial charge on any atom is -0.497 e. The highest BCUT2D eigenvalue weighted by atomic mass is 19.1. The third-order valence-electron chi connectivity index (χ3n) is 5.94. The highest BCUT2D eigenvalue weighted by Gasteiger charge is 2.14. The maximum Gasteiger partial charge on any atom is 0.251 e. The molecule has 0 radical (unpaired) electrons. The van der Waals surface area contributed by atoms with Crippen molar-refractivity contribution in [2.75, 3.05) is 14.2 Å². The van der Waals surface area contributed by atoms with Crippen LogP contribution in [-0.2, 0) is 20.1 Å². The van der Waals surface area contributed by atoms with E-state index >= 15 is 0 Å². The molecule has 0 spiro atoms. The number of halogens is 1. The lowest BCUT2D eigenvalue weighted by Gasteiger charge is -2.13. The van der Waals surface area contributed by atoms with Crippen molar-refractivity contribution in [3.05, 3.63) is 94.9 Å². The van der Waals surface area contributed by atoms with Gasteiger partial charge >= 0.3 is 0 Å². The Kier molecular flexibility index (Phi) is 7.19. The Balaban J connectivity index is 1.67. The zero-order valence-corrected chi connectivity index (χ0v) is 20.6. The molecular formula is C27H28FN5O3. The van der Waals surface area contributed by atoms with Crippen molar-refractivity contribution in [3.8, 4) is 22.6 Å². The first-order chi connectivity index (χ1) is 17.3. The number of hydrogen-bond acceptors (Lipinski definition) is 5. The van der Waals surface area contributed by atoms with Crippen LogP contribution in [-0.4, -0.2) is 34.2 Å². The maximum atomic E-state index is 13.6. The normalized spacial score (nSPS) is 10.8. The maximum absolute atomic E-state index is 13.6. The molecule has 2 N–H and O–H groups in total. The Hall–Kier alpha value is -4.40. The highest BCUT2D eigenvalue weighted by molar-refractivity contribution is 5.95. The fraction of sp³-hybridized carbons (Fsp3) is 0.222. The first-order valence-corrected chi connectivity index (χ1v) is 11.3. The van der Waals surface area contributed by atoms with E-state index in [2.05, 4.69) is 10.3 Å². The third kappa shape index (κ3) is 5.46. The predicted molar refractivity (Wildman–Crippen MR) is 133 cm³/mol. The van der Waals surface area contributed by atoms with Crippen molar-refractivity contribution < 1.29 is 18.7 Å². The highest BCUT2D eigenvalue weighted by Crippen LogP contribution is 2.26. The Bertz CT molecular complexity index is 1450. The second-order valence-electron chi connectivity index (χ2n) is 8.50. The van der Waals surface area contributed by atoms with Crippen molar-refractivity contribution in [1.82, 2.24) is 19.4 Å². The van der Waals surface area contributed by atoms with Crippen molar-refractivity contribution in [2.45, 2.75) is 20.0 Å². The number of carbonyl (C=O) groups is 1. The summed E-state index contributed by atoms with van der Waals surface area (Å²) >= 11 is 0. The van der Waals surface area contributed by atoms with Gasteiger partial charge in [0.05, 0.1) is 20.8 Å². The molecule has 2 aromatic heterocycles. The number of nitrogens with zero attached hydrogens (tertiary/aromatic N) is 3. The van der Waals surface area contributed by atoms with Gasteiger partial charge in [-0.1, -0.05) is 0 Å². The summed E-state index contributed by atoms with van der Waals surface area (Å²) in [7, 11) is 4.95. The number of aromatic nitrogens is 3. The van der Waals surface area contributed by atoms with E-state index in [1.807, 2.05) is 24.4 Å². The number of rotatable bonds is 8. The van der Waals surface area contributed by atoms with Crippen LogP contribution in [0, 0.1) is 18.3 Å². The molecule has 0 bridgehead atoms. The summed E-state index contributed by atoms with van der Waals surface area (Å²) in [6.45, 7) is 2.47. The molecule has 0 unspecified atom stereocenters. The predicted octanol–water partition coefficient (Wildman–Crippen LogP) is 3.81. The molecule has 0 aliphatic heterocycles. The Morgan fingerprint density at radius 3 is 2.36 bits per heavy atom. The smallest absolute Gasteiger partial charge is 0.251 e. The number of aryl methyl sites for hydroxylation is 2. The van der Waals surface area contributed by atoms with Crippen LogP contribution < -0.4 is 20.4 Å². The molecular weight excluding hydrogens is 461 g/mol. The second kappa shape index (κ2) is 10.5. The Labute approximate surface area is 208 Å². The lowest BCUT2D eigenvalue weighted by atomic mass is 9.97. The van der Waals surface area contributed by atoms with Gasteiger partial charge in [0, 0.05) is 49.4 Å². The molecule has 8 nitrogen and oxygen atoms in total. The van der Waals surface area contributed by atoms with Gasteiger partial charge in [-0.2, -0.15) is 4.39 Å². The molecule has 4 rings (SSSR count). The average molecular weight is 490 g/mol. The molecule has 2 aromatic carbocycles. The van der Waals surface area contributed by atoms with Crippen LogP contribution in [0.25, 0.3) is 11.1 Å². The number of pyridine rings is 1. The van der Waals surface area contributed by atoms with Gasteiger partial charge in [0.25, 0.3) is 5.91 Å². The van der Waals surface area contributed by atoms with E-state index in [1.165, 1.54) is 12.3 Å². The molecule has 2 heterocycles. The SMILES string of the molecule is COc1cc(CNC(=O)c2cc(Cn3ccn(C)c3=N)cc(-c3cnc(F)cc3C)c2)cc(OC)c1. The summed E-state index contributed by atoms with van der Waals surface area (Å²) in [4.78, 5) is 17.0. The molecule has 0 aliphatic rings. The summed E-state index contributed by atoms with van der Waals surface area (Å²) in [5.74, 6) is 0.441. The molecule has 1 amide bonds. The summed E-state index contributed by atoms with van der Waals surface area (Å²) in [5.41, 5.74) is 4.62. The van der Waals surface area contributed by atoms with Crippen LogP contribution in [0.4, 0.5) is 4.39 Å². The van der Waals surface area contributed by atoms with Crippen LogP contribution in [0.3, 0.4) is 0 Å². The van der Waals surface area contributed by atoms with Gasteiger partial charge < -0.3 is 23.9 Å². The van der Waals surface area contributed by atoms with Gasteiger partial charge in [-0.15, -0.1) is 0 Å². The molecule has 0 atom stereocenters.